The SMILES string of the molecule is NS(=O)(=O)c1ccc(CCNS(=O)(=O)CBr)cc1. The van der Waals surface area contributed by atoms with Crippen molar-refractivity contribution in [3.8, 4) is 0 Å². The highest BCUT2D eigenvalue weighted by molar-refractivity contribution is 9.10. The molecule has 1 aromatic rings. The molecule has 0 atom stereocenters. The number of primary sulfonamides is 1. The minimum absolute atomic E-state index is 0.0345. The van der Waals surface area contributed by atoms with Crippen molar-refractivity contribution in [2.45, 2.75) is 11.3 Å². The molecule has 3 N–H and O–H groups in total. The molecule has 0 bridgehead atoms. The number of sulfonamides is 2. The topological polar surface area (TPSA) is 106 Å². The molecule has 0 aliphatic heterocycles. The second kappa shape index (κ2) is 6.11. The molecule has 0 aliphatic rings. The number of rotatable bonds is 6. The van der Waals surface area contributed by atoms with Gasteiger partial charge in [-0.15, -0.1) is 0 Å². The van der Waals surface area contributed by atoms with Gasteiger partial charge in [-0.25, -0.2) is 26.7 Å². The van der Waals surface area contributed by atoms with E-state index in [9.17, 15) is 16.8 Å². The van der Waals surface area contributed by atoms with E-state index < -0.39 is 20.0 Å². The van der Waals surface area contributed by atoms with Gasteiger partial charge in [0.2, 0.25) is 20.0 Å². The van der Waals surface area contributed by atoms with Crippen molar-refractivity contribution in [2.75, 3.05) is 11.2 Å². The molecule has 0 saturated heterocycles. The summed E-state index contributed by atoms with van der Waals surface area (Å²) in [6.45, 7) is 0.253. The Kier molecular flexibility index (Phi) is 5.29. The Labute approximate surface area is 115 Å². The van der Waals surface area contributed by atoms with E-state index in [1.165, 1.54) is 12.1 Å². The minimum atomic E-state index is -3.68. The summed E-state index contributed by atoms with van der Waals surface area (Å²) in [6, 6.07) is 5.98. The van der Waals surface area contributed by atoms with Gasteiger partial charge in [-0.05, 0) is 24.1 Å². The lowest BCUT2D eigenvalue weighted by Crippen LogP contribution is -2.26. The van der Waals surface area contributed by atoms with E-state index in [1.807, 2.05) is 0 Å². The van der Waals surface area contributed by atoms with Crippen molar-refractivity contribution in [2.24, 2.45) is 5.14 Å². The van der Waals surface area contributed by atoms with Crippen LogP contribution >= 0.6 is 15.9 Å². The third-order valence-electron chi connectivity index (χ3n) is 2.13. The summed E-state index contributed by atoms with van der Waals surface area (Å²) >= 11 is 2.86. The Hall–Kier alpha value is -0.480. The summed E-state index contributed by atoms with van der Waals surface area (Å²) in [5, 5.41) is 4.96. The molecule has 1 aromatic carbocycles. The van der Waals surface area contributed by atoms with Crippen molar-refractivity contribution < 1.29 is 16.8 Å². The summed E-state index contributed by atoms with van der Waals surface area (Å²) in [4.78, 5) is 0.0345. The first-order valence-electron chi connectivity index (χ1n) is 4.90. The second-order valence-electron chi connectivity index (χ2n) is 3.56. The molecule has 102 valence electrons. The molecule has 6 nitrogen and oxygen atoms in total. The quantitative estimate of drug-likeness (QED) is 0.707. The lowest BCUT2D eigenvalue weighted by Gasteiger charge is -2.04. The first-order chi connectivity index (χ1) is 8.24. The van der Waals surface area contributed by atoms with Gasteiger partial charge in [0.15, 0.2) is 0 Å². The van der Waals surface area contributed by atoms with Crippen LogP contribution in [0.3, 0.4) is 0 Å². The molecule has 0 aromatic heterocycles. The molecule has 0 radical (unpaired) electrons. The predicted molar refractivity (Wildman–Crippen MR) is 72.2 cm³/mol. The van der Waals surface area contributed by atoms with Crippen LogP contribution in [0.4, 0.5) is 0 Å². The van der Waals surface area contributed by atoms with E-state index >= 15 is 0 Å². The smallest absolute Gasteiger partial charge is 0.225 e. The highest BCUT2D eigenvalue weighted by Crippen LogP contribution is 2.09. The van der Waals surface area contributed by atoms with Crippen LogP contribution in [-0.4, -0.2) is 28.0 Å². The van der Waals surface area contributed by atoms with Crippen LogP contribution in [0.25, 0.3) is 0 Å². The summed E-state index contributed by atoms with van der Waals surface area (Å²) in [5.74, 6) is 0. The molecule has 0 aliphatic carbocycles. The van der Waals surface area contributed by atoms with Crippen LogP contribution in [-0.2, 0) is 26.5 Å². The van der Waals surface area contributed by atoms with Crippen molar-refractivity contribution >= 4 is 36.0 Å². The van der Waals surface area contributed by atoms with Gasteiger partial charge in [0.05, 0.1) is 4.90 Å². The molecule has 0 unspecified atom stereocenters. The Balaban J connectivity index is 2.61. The van der Waals surface area contributed by atoms with Gasteiger partial charge in [-0.2, -0.15) is 0 Å². The van der Waals surface area contributed by atoms with Crippen molar-refractivity contribution in [1.29, 1.82) is 0 Å². The van der Waals surface area contributed by atoms with E-state index in [2.05, 4.69) is 20.7 Å². The monoisotopic (exact) mass is 356 g/mol. The maximum atomic E-state index is 11.1. The van der Waals surface area contributed by atoms with Gasteiger partial charge in [0.1, 0.15) is 4.66 Å². The minimum Gasteiger partial charge on any atom is -0.225 e. The fourth-order valence-corrected chi connectivity index (χ4v) is 2.73. The number of halogens is 1. The third-order valence-corrected chi connectivity index (χ3v) is 5.80. The predicted octanol–water partition coefficient (Wildman–Crippen LogP) is 0.148. The van der Waals surface area contributed by atoms with E-state index in [4.69, 9.17) is 5.14 Å². The lowest BCUT2D eigenvalue weighted by molar-refractivity contribution is 0.587. The normalized spacial score (nSPS) is 12.6. The summed E-state index contributed by atoms with van der Waals surface area (Å²) in [5.41, 5.74) is 0.819. The van der Waals surface area contributed by atoms with Crippen LogP contribution in [0, 0.1) is 0 Å². The largest absolute Gasteiger partial charge is 0.238 e. The number of hydrogen-bond donors (Lipinski definition) is 2. The number of nitrogens with one attached hydrogen (secondary N) is 1. The fraction of sp³-hybridized carbons (Fsp3) is 0.333. The van der Waals surface area contributed by atoms with Crippen LogP contribution in [0.5, 0.6) is 0 Å². The van der Waals surface area contributed by atoms with Crippen LogP contribution in [0.2, 0.25) is 0 Å². The number of alkyl halides is 1. The highest BCUT2D eigenvalue weighted by atomic mass is 79.9. The summed E-state index contributed by atoms with van der Waals surface area (Å²) in [7, 11) is -6.96. The molecule has 9 heteroatoms. The van der Waals surface area contributed by atoms with Gasteiger partial charge in [0.25, 0.3) is 0 Å². The van der Waals surface area contributed by atoms with Crippen LogP contribution in [0.15, 0.2) is 29.2 Å². The Bertz CT molecular complexity index is 596. The van der Waals surface area contributed by atoms with Crippen LogP contribution < -0.4 is 9.86 Å². The summed E-state index contributed by atoms with van der Waals surface area (Å²) in [6.07, 6.45) is 0.469. The van der Waals surface area contributed by atoms with Gasteiger partial charge in [0, 0.05) is 6.54 Å². The van der Waals surface area contributed by atoms with Crippen molar-refractivity contribution in [3.63, 3.8) is 0 Å². The molecular weight excluding hydrogens is 344 g/mol. The van der Waals surface area contributed by atoms with E-state index in [1.54, 1.807) is 12.1 Å². The molecule has 0 spiro atoms. The molecule has 0 saturated carbocycles. The maximum Gasteiger partial charge on any atom is 0.238 e. The molecular formula is C9H13BrN2O4S2. The summed E-state index contributed by atoms with van der Waals surface area (Å²) < 4.78 is 46.5. The van der Waals surface area contributed by atoms with Gasteiger partial charge >= 0.3 is 0 Å². The van der Waals surface area contributed by atoms with Crippen molar-refractivity contribution in [3.05, 3.63) is 29.8 Å². The Morgan fingerprint density at radius 2 is 1.67 bits per heavy atom. The first kappa shape index (κ1) is 15.6. The Morgan fingerprint density at radius 1 is 1.11 bits per heavy atom. The third kappa shape index (κ3) is 5.02. The number of hydrogen-bond acceptors (Lipinski definition) is 4. The lowest BCUT2D eigenvalue weighted by atomic mass is 10.2. The maximum absolute atomic E-state index is 11.1. The zero-order valence-corrected chi connectivity index (χ0v) is 12.6. The first-order valence-corrected chi connectivity index (χ1v) is 9.22. The molecule has 1 rings (SSSR count). The molecule has 0 heterocycles. The van der Waals surface area contributed by atoms with Gasteiger partial charge in [-0.1, -0.05) is 28.1 Å². The van der Waals surface area contributed by atoms with Crippen molar-refractivity contribution in [1.82, 2.24) is 4.72 Å². The van der Waals surface area contributed by atoms with Gasteiger partial charge in [-0.3, -0.25) is 0 Å². The van der Waals surface area contributed by atoms with E-state index in [-0.39, 0.29) is 16.1 Å². The van der Waals surface area contributed by atoms with Gasteiger partial charge < -0.3 is 0 Å². The molecule has 18 heavy (non-hydrogen) atoms. The zero-order chi connectivity index (χ0) is 13.8. The average Bonchev–Trinajstić information content (AvgIpc) is 2.28. The highest BCUT2D eigenvalue weighted by Gasteiger charge is 2.08. The Morgan fingerprint density at radius 3 is 2.11 bits per heavy atom. The molecule has 0 amide bonds. The standard InChI is InChI=1S/C9H13BrN2O4S2/c10-7-17(13,14)12-6-5-8-1-3-9(4-2-8)18(11,15)16/h1-4,12H,5-7H2,(H2,11,15,16). The zero-order valence-electron chi connectivity index (χ0n) is 9.34. The van der Waals surface area contributed by atoms with E-state index in [0.29, 0.717) is 6.42 Å². The molecule has 0 fully saturated rings. The van der Waals surface area contributed by atoms with E-state index in [0.717, 1.165) is 5.56 Å². The second-order valence-corrected chi connectivity index (χ2v) is 8.23. The number of benzene rings is 1. The fourth-order valence-electron chi connectivity index (χ4n) is 1.24. The van der Waals surface area contributed by atoms with Crippen LogP contribution in [0.1, 0.15) is 5.56 Å². The number of nitrogens with two attached hydrogens (primary N) is 1. The average molecular weight is 357 g/mol.